The van der Waals surface area contributed by atoms with E-state index in [0.717, 1.165) is 62.2 Å². The lowest BCUT2D eigenvalue weighted by molar-refractivity contribution is 0.394. The Hall–Kier alpha value is -1.64. The van der Waals surface area contributed by atoms with E-state index in [1.165, 1.54) is 0 Å². The van der Waals surface area contributed by atoms with Gasteiger partial charge in [0, 0.05) is 56.1 Å². The molecule has 1 atom stereocenters. The second kappa shape index (κ2) is 12.7. The molecule has 0 aliphatic carbocycles. The van der Waals surface area contributed by atoms with Crippen molar-refractivity contribution in [3.8, 4) is 11.5 Å². The highest BCUT2D eigenvalue weighted by molar-refractivity contribution is 14.0. The van der Waals surface area contributed by atoms with Gasteiger partial charge >= 0.3 is 0 Å². The van der Waals surface area contributed by atoms with Gasteiger partial charge in [0.15, 0.2) is 5.96 Å². The summed E-state index contributed by atoms with van der Waals surface area (Å²) < 4.78 is 10.8. The fourth-order valence-corrected chi connectivity index (χ4v) is 3.02. The highest BCUT2D eigenvalue weighted by Gasteiger charge is 2.24. The number of benzene rings is 1. The summed E-state index contributed by atoms with van der Waals surface area (Å²) in [5.41, 5.74) is 1.13. The Balaban J connectivity index is 0.00000364. The molecule has 0 radical (unpaired) electrons. The molecular weight excluding hydrogens is 455 g/mol. The molecule has 2 N–H and O–H groups in total. The van der Waals surface area contributed by atoms with Gasteiger partial charge in [0.2, 0.25) is 0 Å². The summed E-state index contributed by atoms with van der Waals surface area (Å²) in [6.45, 7) is 7.70. The summed E-state index contributed by atoms with van der Waals surface area (Å²) in [6.07, 6.45) is 6.24. The number of methoxy groups -OCH3 is 2. The molecule has 1 aromatic carbocycles. The van der Waals surface area contributed by atoms with Crippen molar-refractivity contribution in [2.45, 2.75) is 32.7 Å². The van der Waals surface area contributed by atoms with Crippen LogP contribution in [-0.2, 0) is 0 Å². The van der Waals surface area contributed by atoms with Crippen LogP contribution in [0.15, 0.2) is 35.3 Å². The largest absolute Gasteiger partial charge is 0.497 e. The van der Waals surface area contributed by atoms with Crippen molar-refractivity contribution in [3.63, 3.8) is 0 Å². The molecule has 27 heavy (non-hydrogen) atoms. The maximum absolute atomic E-state index is 5.39. The van der Waals surface area contributed by atoms with Crippen molar-refractivity contribution in [3.05, 3.63) is 30.4 Å². The minimum atomic E-state index is 0. The molecule has 6 nitrogen and oxygen atoms in total. The lowest BCUT2D eigenvalue weighted by Gasteiger charge is -2.21. The van der Waals surface area contributed by atoms with E-state index >= 15 is 0 Å². The molecule has 1 aliphatic heterocycles. The van der Waals surface area contributed by atoms with Gasteiger partial charge in [0.25, 0.3) is 0 Å². The highest BCUT2D eigenvalue weighted by Crippen LogP contribution is 2.30. The number of allylic oxidation sites excluding steroid dienone is 1. The molecule has 1 fully saturated rings. The van der Waals surface area contributed by atoms with Crippen LogP contribution in [0.2, 0.25) is 0 Å². The maximum atomic E-state index is 5.39. The second-order valence-electron chi connectivity index (χ2n) is 6.27. The Kier molecular flexibility index (Phi) is 11.0. The third-order valence-electron chi connectivity index (χ3n) is 4.38. The number of halogens is 1. The van der Waals surface area contributed by atoms with Crippen LogP contribution in [0.5, 0.6) is 11.5 Å². The van der Waals surface area contributed by atoms with Gasteiger partial charge < -0.3 is 25.0 Å². The number of nitrogens with zero attached hydrogens (tertiary/aromatic N) is 2. The summed E-state index contributed by atoms with van der Waals surface area (Å²) in [6, 6.07) is 6.38. The predicted molar refractivity (Wildman–Crippen MR) is 124 cm³/mol. The molecule has 1 heterocycles. The Morgan fingerprint density at radius 3 is 2.56 bits per heavy atom. The smallest absolute Gasteiger partial charge is 0.191 e. The van der Waals surface area contributed by atoms with E-state index in [-0.39, 0.29) is 24.0 Å². The molecular formula is C20H33IN4O2. The number of anilines is 1. The van der Waals surface area contributed by atoms with Crippen LogP contribution < -0.4 is 25.0 Å². The van der Waals surface area contributed by atoms with E-state index in [1.54, 1.807) is 14.2 Å². The number of rotatable bonds is 8. The van der Waals surface area contributed by atoms with Crippen molar-refractivity contribution < 1.29 is 9.47 Å². The first-order valence-corrected chi connectivity index (χ1v) is 9.34. The first-order chi connectivity index (χ1) is 12.7. The fraction of sp³-hybridized carbons (Fsp3) is 0.550. The minimum Gasteiger partial charge on any atom is -0.497 e. The van der Waals surface area contributed by atoms with Gasteiger partial charge in [-0.05, 0) is 26.7 Å². The van der Waals surface area contributed by atoms with E-state index in [1.807, 2.05) is 13.0 Å². The quantitative estimate of drug-likeness (QED) is 0.193. The molecule has 0 aromatic heterocycles. The molecule has 1 aliphatic rings. The molecule has 1 aromatic rings. The summed E-state index contributed by atoms with van der Waals surface area (Å²) >= 11 is 0. The van der Waals surface area contributed by atoms with Crippen molar-refractivity contribution in [1.82, 2.24) is 10.6 Å². The standard InChI is InChI=1S/C20H32N4O2.HI/c1-5-7-8-10-22-20(21-6-2)23-16-9-11-24(15-16)17-12-18(25-3)14-19(13-17)26-4;/h5,7,12-14,16H,6,8-11,15H2,1-4H3,(H2,21,22,23);1H/b7-5+;. The molecule has 1 unspecified atom stereocenters. The van der Waals surface area contributed by atoms with Crippen molar-refractivity contribution >= 4 is 35.6 Å². The van der Waals surface area contributed by atoms with Gasteiger partial charge in [0.1, 0.15) is 11.5 Å². The first kappa shape index (κ1) is 23.4. The van der Waals surface area contributed by atoms with Crippen LogP contribution in [0.3, 0.4) is 0 Å². The van der Waals surface area contributed by atoms with E-state index in [9.17, 15) is 0 Å². The molecule has 0 saturated carbocycles. The van der Waals surface area contributed by atoms with Crippen LogP contribution in [0.25, 0.3) is 0 Å². The normalized spacial score (nSPS) is 17.0. The van der Waals surface area contributed by atoms with Crippen molar-refractivity contribution in [1.29, 1.82) is 0 Å². The monoisotopic (exact) mass is 488 g/mol. The Labute approximate surface area is 180 Å². The molecule has 2 rings (SSSR count). The van der Waals surface area contributed by atoms with Gasteiger partial charge in [-0.2, -0.15) is 0 Å². The van der Waals surface area contributed by atoms with Crippen LogP contribution in [-0.4, -0.2) is 52.4 Å². The number of nitrogens with one attached hydrogen (secondary N) is 2. The summed E-state index contributed by atoms with van der Waals surface area (Å²) in [4.78, 5) is 7.00. The van der Waals surface area contributed by atoms with E-state index in [0.29, 0.717) is 6.04 Å². The Morgan fingerprint density at radius 2 is 1.96 bits per heavy atom. The van der Waals surface area contributed by atoms with E-state index < -0.39 is 0 Å². The molecule has 1 saturated heterocycles. The molecule has 7 heteroatoms. The van der Waals surface area contributed by atoms with Gasteiger partial charge in [-0.3, -0.25) is 4.99 Å². The summed E-state index contributed by atoms with van der Waals surface area (Å²) in [7, 11) is 3.36. The molecule has 0 spiro atoms. The highest BCUT2D eigenvalue weighted by atomic mass is 127. The fourth-order valence-electron chi connectivity index (χ4n) is 3.02. The van der Waals surface area contributed by atoms with Crippen LogP contribution in [0.4, 0.5) is 5.69 Å². The first-order valence-electron chi connectivity index (χ1n) is 9.34. The lowest BCUT2D eigenvalue weighted by Crippen LogP contribution is -2.44. The zero-order valence-corrected chi connectivity index (χ0v) is 19.2. The van der Waals surface area contributed by atoms with E-state index in [2.05, 4.69) is 51.7 Å². The van der Waals surface area contributed by atoms with Crippen molar-refractivity contribution in [2.75, 3.05) is 45.3 Å². The van der Waals surface area contributed by atoms with Gasteiger partial charge in [-0.15, -0.1) is 24.0 Å². The number of aliphatic imine (C=N–C) groups is 1. The SMILES string of the molecule is C/C=C/CCN=C(NCC)NC1CCN(c2cc(OC)cc(OC)c2)C1.I. The summed E-state index contributed by atoms with van der Waals surface area (Å²) in [5.74, 6) is 2.52. The van der Waals surface area contributed by atoms with Crippen LogP contribution in [0.1, 0.15) is 26.7 Å². The van der Waals surface area contributed by atoms with E-state index in [4.69, 9.17) is 9.47 Å². The van der Waals surface area contributed by atoms with Gasteiger partial charge in [-0.1, -0.05) is 12.2 Å². The molecule has 0 bridgehead atoms. The predicted octanol–water partition coefficient (Wildman–Crippen LogP) is 3.42. The Morgan fingerprint density at radius 1 is 1.26 bits per heavy atom. The zero-order chi connectivity index (χ0) is 18.8. The third-order valence-corrected chi connectivity index (χ3v) is 4.38. The minimum absolute atomic E-state index is 0. The number of hydrogen-bond donors (Lipinski definition) is 2. The second-order valence-corrected chi connectivity index (χ2v) is 6.27. The maximum Gasteiger partial charge on any atom is 0.191 e. The summed E-state index contributed by atoms with van der Waals surface area (Å²) in [5, 5.41) is 6.90. The van der Waals surface area contributed by atoms with Gasteiger partial charge in [-0.25, -0.2) is 0 Å². The number of ether oxygens (including phenoxy) is 2. The van der Waals surface area contributed by atoms with Gasteiger partial charge in [0.05, 0.1) is 14.2 Å². The third kappa shape index (κ3) is 7.48. The average Bonchev–Trinajstić information content (AvgIpc) is 3.13. The number of guanidine groups is 1. The zero-order valence-electron chi connectivity index (χ0n) is 16.8. The lowest BCUT2D eigenvalue weighted by atomic mass is 10.2. The van der Waals surface area contributed by atoms with Crippen LogP contribution in [0, 0.1) is 0 Å². The topological polar surface area (TPSA) is 58.1 Å². The Bertz CT molecular complexity index is 600. The number of hydrogen-bond acceptors (Lipinski definition) is 4. The van der Waals surface area contributed by atoms with Crippen molar-refractivity contribution in [2.24, 2.45) is 4.99 Å². The van der Waals surface area contributed by atoms with Crippen LogP contribution >= 0.6 is 24.0 Å². The average molecular weight is 488 g/mol. The molecule has 0 amide bonds. The molecule has 152 valence electrons.